The van der Waals surface area contributed by atoms with Gasteiger partial charge in [-0.25, -0.2) is 0 Å². The average molecular weight is 459 g/mol. The molecule has 3 aliphatic rings. The van der Waals surface area contributed by atoms with Crippen molar-refractivity contribution in [1.29, 1.82) is 0 Å². The summed E-state index contributed by atoms with van der Waals surface area (Å²) in [6.07, 6.45) is 2.09. The van der Waals surface area contributed by atoms with Gasteiger partial charge in [0.05, 0.1) is 30.0 Å². The molecule has 2 N–H and O–H groups in total. The predicted molar refractivity (Wildman–Crippen MR) is 123 cm³/mol. The molecule has 0 aromatic heterocycles. The molecule has 1 aliphatic carbocycles. The van der Waals surface area contributed by atoms with Crippen molar-refractivity contribution in [2.24, 2.45) is 5.92 Å². The normalized spacial score (nSPS) is 38.0. The zero-order valence-electron chi connectivity index (χ0n) is 21.1. The third-order valence-electron chi connectivity index (χ3n) is 8.13. The third-order valence-corrected chi connectivity index (χ3v) is 12.7. The summed E-state index contributed by atoms with van der Waals surface area (Å²) < 4.78 is 24.7. The van der Waals surface area contributed by atoms with E-state index in [1.54, 1.807) is 0 Å². The summed E-state index contributed by atoms with van der Waals surface area (Å²) in [5.41, 5.74) is -0.889. The third kappa shape index (κ3) is 5.56. The lowest BCUT2D eigenvalue weighted by atomic mass is 9.78. The van der Waals surface area contributed by atoms with Crippen molar-refractivity contribution in [3.63, 3.8) is 0 Å². The van der Waals surface area contributed by atoms with E-state index in [-0.39, 0.29) is 41.5 Å². The van der Waals surface area contributed by atoms with Crippen LogP contribution in [0.3, 0.4) is 0 Å². The summed E-state index contributed by atoms with van der Waals surface area (Å²) in [6.45, 7) is 19.4. The molecule has 3 fully saturated rings. The second kappa shape index (κ2) is 8.64. The van der Waals surface area contributed by atoms with Crippen LogP contribution in [0.1, 0.15) is 80.6 Å². The van der Waals surface area contributed by atoms with Crippen LogP contribution in [0.5, 0.6) is 0 Å². The monoisotopic (exact) mass is 458 g/mol. The van der Waals surface area contributed by atoms with Gasteiger partial charge in [-0.2, -0.15) is 0 Å². The van der Waals surface area contributed by atoms with Crippen molar-refractivity contribution in [2.75, 3.05) is 0 Å². The van der Waals surface area contributed by atoms with Gasteiger partial charge in [-0.1, -0.05) is 27.7 Å². The Balaban J connectivity index is 1.48. The molecular weight excluding hydrogens is 412 g/mol. The fourth-order valence-electron chi connectivity index (χ4n) is 5.14. The largest absolute Gasteiger partial charge is 0.414 e. The maximum absolute atomic E-state index is 11.2. The van der Waals surface area contributed by atoms with Gasteiger partial charge in [-0.15, -0.1) is 0 Å². The Morgan fingerprint density at radius 3 is 2.32 bits per heavy atom. The zero-order valence-corrected chi connectivity index (χ0v) is 22.1. The molecule has 31 heavy (non-hydrogen) atoms. The molecule has 4 unspecified atom stereocenters. The van der Waals surface area contributed by atoms with Crippen molar-refractivity contribution in [2.45, 2.75) is 147 Å². The van der Waals surface area contributed by atoms with E-state index in [0.29, 0.717) is 32.1 Å². The zero-order chi connectivity index (χ0) is 23.4. The summed E-state index contributed by atoms with van der Waals surface area (Å²) in [4.78, 5) is 0. The number of ether oxygens (including phenoxy) is 3. The highest BCUT2D eigenvalue weighted by atomic mass is 28.4. The SMILES string of the molecule is CC(O[Si](C)(C)C(C)(C)C)[C@H](C)CC(O)CCC1O[C@@H]2C[C@@]1(O)C[C@H]1OC(C)(C)OC21. The molecule has 0 radical (unpaired) electrons. The van der Waals surface area contributed by atoms with Crippen LogP contribution in [0.25, 0.3) is 0 Å². The Hall–Kier alpha value is -0.0231. The van der Waals surface area contributed by atoms with Gasteiger partial charge in [0.25, 0.3) is 0 Å². The van der Waals surface area contributed by atoms with Gasteiger partial charge >= 0.3 is 0 Å². The smallest absolute Gasteiger partial charge is 0.192 e. The first kappa shape index (κ1) is 25.6. The number of aliphatic hydroxyl groups excluding tert-OH is 1. The minimum absolute atomic E-state index is 0.110. The van der Waals surface area contributed by atoms with Gasteiger partial charge < -0.3 is 28.8 Å². The fourth-order valence-corrected chi connectivity index (χ4v) is 6.65. The van der Waals surface area contributed by atoms with Gasteiger partial charge in [0, 0.05) is 18.9 Å². The van der Waals surface area contributed by atoms with E-state index in [0.717, 1.165) is 0 Å². The van der Waals surface area contributed by atoms with Gasteiger partial charge in [-0.05, 0) is 64.1 Å². The molecule has 2 bridgehead atoms. The van der Waals surface area contributed by atoms with Crippen LogP contribution in [-0.4, -0.2) is 66.5 Å². The summed E-state index contributed by atoms with van der Waals surface area (Å²) in [5, 5.41) is 22.1. The first-order valence-corrected chi connectivity index (χ1v) is 15.0. The molecule has 0 aromatic rings. The Kier molecular flexibility index (Phi) is 7.13. The van der Waals surface area contributed by atoms with Crippen molar-refractivity contribution in [3.8, 4) is 0 Å². The number of hydrogen-bond donors (Lipinski definition) is 2. The van der Waals surface area contributed by atoms with Gasteiger partial charge in [-0.3, -0.25) is 0 Å². The summed E-state index contributed by atoms with van der Waals surface area (Å²) in [6, 6.07) is 0. The summed E-state index contributed by atoms with van der Waals surface area (Å²) >= 11 is 0. The molecule has 7 heteroatoms. The Bertz CT molecular complexity index is 632. The van der Waals surface area contributed by atoms with Gasteiger partial charge in [0.15, 0.2) is 14.1 Å². The molecule has 1 saturated carbocycles. The van der Waals surface area contributed by atoms with Crippen LogP contribution in [-0.2, 0) is 18.6 Å². The molecule has 0 aromatic carbocycles. The van der Waals surface area contributed by atoms with E-state index in [1.807, 2.05) is 13.8 Å². The van der Waals surface area contributed by atoms with E-state index in [4.69, 9.17) is 18.6 Å². The summed E-state index contributed by atoms with van der Waals surface area (Å²) in [5.74, 6) is -0.357. The Morgan fingerprint density at radius 2 is 1.71 bits per heavy atom. The molecule has 2 aliphatic heterocycles. The van der Waals surface area contributed by atoms with E-state index in [2.05, 4.69) is 47.7 Å². The fraction of sp³-hybridized carbons (Fsp3) is 1.00. The van der Waals surface area contributed by atoms with Crippen LogP contribution in [0, 0.1) is 5.92 Å². The summed E-state index contributed by atoms with van der Waals surface area (Å²) in [7, 11) is -1.83. The molecule has 8 atom stereocenters. The minimum atomic E-state index is -1.83. The van der Waals surface area contributed by atoms with Crippen LogP contribution in [0.2, 0.25) is 18.1 Å². The maximum atomic E-state index is 11.2. The van der Waals surface area contributed by atoms with E-state index < -0.39 is 25.8 Å². The van der Waals surface area contributed by atoms with Gasteiger partial charge in [0.2, 0.25) is 0 Å². The van der Waals surface area contributed by atoms with Crippen molar-refractivity contribution >= 4 is 8.32 Å². The first-order chi connectivity index (χ1) is 14.0. The minimum Gasteiger partial charge on any atom is -0.414 e. The van der Waals surface area contributed by atoms with Crippen molar-refractivity contribution < 1.29 is 28.8 Å². The van der Waals surface area contributed by atoms with Crippen molar-refractivity contribution in [1.82, 2.24) is 0 Å². The van der Waals surface area contributed by atoms with Crippen LogP contribution in [0.15, 0.2) is 0 Å². The first-order valence-electron chi connectivity index (χ1n) is 12.1. The maximum Gasteiger partial charge on any atom is 0.192 e. The highest BCUT2D eigenvalue weighted by Crippen LogP contribution is 2.49. The van der Waals surface area contributed by atoms with Crippen LogP contribution >= 0.6 is 0 Å². The van der Waals surface area contributed by atoms with Crippen molar-refractivity contribution in [3.05, 3.63) is 0 Å². The standard InChI is InChI=1S/C24H46O6Si/c1-15(16(2)30-31(8,9)22(3,4)5)12-17(25)10-11-20-24(26)13-18(27-20)21-19(14-24)28-23(6,7)29-21/h15-21,25-26H,10-14H2,1-9H3/t15-,16?,17?,18-,19-,20?,21?,24-/m1/s1. The lowest BCUT2D eigenvalue weighted by molar-refractivity contribution is -0.165. The molecule has 2 heterocycles. The van der Waals surface area contributed by atoms with Crippen LogP contribution < -0.4 is 0 Å². The second-order valence-corrected chi connectivity index (χ2v) is 17.1. The molecule has 0 amide bonds. The number of aliphatic hydroxyl groups is 2. The molecule has 182 valence electrons. The molecule has 0 spiro atoms. The highest BCUT2D eigenvalue weighted by Gasteiger charge is 2.61. The highest BCUT2D eigenvalue weighted by molar-refractivity contribution is 6.74. The lowest BCUT2D eigenvalue weighted by Crippen LogP contribution is -2.48. The molecule has 2 saturated heterocycles. The Labute approximate surface area is 190 Å². The lowest BCUT2D eigenvalue weighted by Gasteiger charge is -2.40. The average Bonchev–Trinajstić information content (AvgIpc) is 3.04. The predicted octanol–water partition coefficient (Wildman–Crippen LogP) is 4.38. The van der Waals surface area contributed by atoms with E-state index >= 15 is 0 Å². The van der Waals surface area contributed by atoms with E-state index in [1.165, 1.54) is 0 Å². The second-order valence-electron chi connectivity index (χ2n) is 12.3. The number of fused-ring (bicyclic) bond motifs is 4. The molecular formula is C24H46O6Si. The van der Waals surface area contributed by atoms with Crippen LogP contribution in [0.4, 0.5) is 0 Å². The number of rotatable bonds is 8. The topological polar surface area (TPSA) is 77.4 Å². The molecule has 6 nitrogen and oxygen atoms in total. The van der Waals surface area contributed by atoms with Gasteiger partial charge in [0.1, 0.15) is 6.10 Å². The van der Waals surface area contributed by atoms with E-state index in [9.17, 15) is 10.2 Å². The molecule has 3 rings (SSSR count). The quantitative estimate of drug-likeness (QED) is 0.526. The number of hydrogen-bond acceptors (Lipinski definition) is 6. The Morgan fingerprint density at radius 1 is 1.10 bits per heavy atom.